The summed E-state index contributed by atoms with van der Waals surface area (Å²) >= 11 is 12.6. The highest BCUT2D eigenvalue weighted by atomic mass is 35.5. The average molecular weight is 545 g/mol. The summed E-state index contributed by atoms with van der Waals surface area (Å²) in [7, 11) is -2.91. The number of ether oxygens (including phenoxy) is 1. The Hall–Kier alpha value is -2.95. The lowest BCUT2D eigenvalue weighted by molar-refractivity contribution is 0.227. The van der Waals surface area contributed by atoms with Crippen molar-refractivity contribution < 1.29 is 13.2 Å². The fourth-order valence-electron chi connectivity index (χ4n) is 5.10. The van der Waals surface area contributed by atoms with Crippen LogP contribution in [0.5, 0.6) is 5.75 Å². The minimum Gasteiger partial charge on any atom is -0.486 e. The summed E-state index contributed by atoms with van der Waals surface area (Å²) in [5.74, 6) is 1.77. The van der Waals surface area contributed by atoms with Crippen molar-refractivity contribution >= 4 is 49.9 Å². The highest BCUT2D eigenvalue weighted by Gasteiger charge is 2.51. The van der Waals surface area contributed by atoms with Crippen LogP contribution in [-0.2, 0) is 9.84 Å². The van der Waals surface area contributed by atoms with Crippen molar-refractivity contribution in [2.75, 3.05) is 29.5 Å². The van der Waals surface area contributed by atoms with Gasteiger partial charge in [0, 0.05) is 59.8 Å². The second-order valence-electron chi connectivity index (χ2n) is 9.53. The van der Waals surface area contributed by atoms with Gasteiger partial charge in [-0.25, -0.2) is 18.4 Å². The zero-order valence-corrected chi connectivity index (χ0v) is 21.6. The predicted octanol–water partition coefficient (Wildman–Crippen LogP) is 4.49. The van der Waals surface area contributed by atoms with E-state index in [-0.39, 0.29) is 16.9 Å². The number of aromatic nitrogens is 5. The molecule has 3 aromatic heterocycles. The molecule has 0 bridgehead atoms. The van der Waals surface area contributed by atoms with Crippen molar-refractivity contribution in [3.8, 4) is 17.0 Å². The molecule has 36 heavy (non-hydrogen) atoms. The van der Waals surface area contributed by atoms with Crippen molar-refractivity contribution in [1.29, 1.82) is 0 Å². The first-order valence-electron chi connectivity index (χ1n) is 11.4. The molecule has 1 atom stereocenters. The molecular formula is C24H22Cl2N6O3S. The Morgan fingerprint density at radius 1 is 1.11 bits per heavy atom. The van der Waals surface area contributed by atoms with E-state index in [1.165, 1.54) is 0 Å². The standard InChI is InChI=1S/C24H22Cl2N6O3S/c1-14(21-18(25)9-27-10-19(21)26)35-16-2-3-20-17(6-16)22(31-30-20)15-7-28-23(29-8-15)32-11-24(12-32)4-5-36(33,34)13-24/h2-3,6-10,14H,4-5,11-13H2,1H3,(H,30,31)/t14-/m1/s1. The molecule has 1 spiro atoms. The summed E-state index contributed by atoms with van der Waals surface area (Å²) < 4.78 is 29.9. The first-order chi connectivity index (χ1) is 17.2. The number of hydrogen-bond donors (Lipinski definition) is 1. The highest BCUT2D eigenvalue weighted by molar-refractivity contribution is 7.91. The van der Waals surface area contributed by atoms with E-state index in [2.05, 4.69) is 25.1 Å². The number of pyridine rings is 1. The van der Waals surface area contributed by atoms with Gasteiger partial charge < -0.3 is 9.64 Å². The summed E-state index contributed by atoms with van der Waals surface area (Å²) in [5.41, 5.74) is 2.84. The van der Waals surface area contributed by atoms with Gasteiger partial charge in [0.05, 0.1) is 27.1 Å². The third-order valence-corrected chi connectivity index (χ3v) is 9.34. The van der Waals surface area contributed by atoms with E-state index >= 15 is 0 Å². The molecule has 0 radical (unpaired) electrons. The molecule has 1 N–H and O–H groups in total. The molecule has 2 saturated heterocycles. The van der Waals surface area contributed by atoms with E-state index < -0.39 is 15.9 Å². The smallest absolute Gasteiger partial charge is 0.225 e. The lowest BCUT2D eigenvalue weighted by Crippen LogP contribution is -2.57. The van der Waals surface area contributed by atoms with Gasteiger partial charge in [0.25, 0.3) is 0 Å². The fraction of sp³-hybridized carbons (Fsp3) is 0.333. The second kappa shape index (κ2) is 8.57. The number of benzene rings is 1. The van der Waals surface area contributed by atoms with Crippen molar-refractivity contribution in [3.63, 3.8) is 0 Å². The van der Waals surface area contributed by atoms with Crippen LogP contribution in [0.15, 0.2) is 43.0 Å². The number of anilines is 1. The third-order valence-electron chi connectivity index (χ3n) is 6.86. The first kappa shape index (κ1) is 23.4. The van der Waals surface area contributed by atoms with Crippen LogP contribution in [0, 0.1) is 5.41 Å². The number of halogens is 2. The minimum atomic E-state index is -2.91. The van der Waals surface area contributed by atoms with Gasteiger partial charge in [-0.3, -0.25) is 10.1 Å². The van der Waals surface area contributed by atoms with Gasteiger partial charge in [-0.1, -0.05) is 23.2 Å². The number of aromatic amines is 1. The summed E-state index contributed by atoms with van der Waals surface area (Å²) in [6.45, 7) is 3.21. The summed E-state index contributed by atoms with van der Waals surface area (Å²) in [6, 6.07) is 5.65. The summed E-state index contributed by atoms with van der Waals surface area (Å²) in [5, 5.41) is 9.25. The third kappa shape index (κ3) is 4.16. The maximum Gasteiger partial charge on any atom is 0.225 e. The topological polar surface area (TPSA) is 114 Å². The van der Waals surface area contributed by atoms with Crippen LogP contribution >= 0.6 is 23.2 Å². The van der Waals surface area contributed by atoms with Crippen LogP contribution in [0.25, 0.3) is 22.2 Å². The molecule has 2 aliphatic heterocycles. The maximum absolute atomic E-state index is 11.9. The van der Waals surface area contributed by atoms with E-state index in [0.717, 1.165) is 16.5 Å². The largest absolute Gasteiger partial charge is 0.486 e. The van der Waals surface area contributed by atoms with Gasteiger partial charge in [0.2, 0.25) is 5.95 Å². The zero-order valence-electron chi connectivity index (χ0n) is 19.3. The molecule has 2 aliphatic rings. The average Bonchev–Trinajstić information content (AvgIpc) is 3.38. The fourth-order valence-corrected chi connectivity index (χ4v) is 7.92. The van der Waals surface area contributed by atoms with Crippen LogP contribution < -0.4 is 9.64 Å². The quantitative estimate of drug-likeness (QED) is 0.391. The minimum absolute atomic E-state index is 0.141. The van der Waals surface area contributed by atoms with E-state index in [1.54, 1.807) is 24.8 Å². The number of sulfone groups is 1. The van der Waals surface area contributed by atoms with Crippen molar-refractivity contribution in [2.24, 2.45) is 5.41 Å². The van der Waals surface area contributed by atoms with Gasteiger partial charge in [0.1, 0.15) is 17.5 Å². The van der Waals surface area contributed by atoms with Crippen LogP contribution in [0.1, 0.15) is 25.0 Å². The molecule has 0 aliphatic carbocycles. The SMILES string of the molecule is C[C@@H](Oc1ccc2[nH]nc(-c3cnc(N4CC5(CCS(=O)(=O)C5)C4)nc3)c2c1)c1c(Cl)cncc1Cl. The molecule has 9 nitrogen and oxygen atoms in total. The number of rotatable bonds is 5. The molecule has 5 heterocycles. The van der Waals surface area contributed by atoms with Crippen molar-refractivity contribution in [1.82, 2.24) is 25.1 Å². The highest BCUT2D eigenvalue weighted by Crippen LogP contribution is 2.42. The van der Waals surface area contributed by atoms with Gasteiger partial charge in [0.15, 0.2) is 9.84 Å². The molecule has 2 fully saturated rings. The summed E-state index contributed by atoms with van der Waals surface area (Å²) in [4.78, 5) is 15.1. The van der Waals surface area contributed by atoms with Crippen LogP contribution in [0.2, 0.25) is 10.0 Å². The zero-order chi connectivity index (χ0) is 25.1. The maximum atomic E-state index is 11.9. The van der Waals surface area contributed by atoms with Crippen molar-refractivity contribution in [3.05, 3.63) is 58.6 Å². The van der Waals surface area contributed by atoms with E-state index in [0.29, 0.717) is 52.5 Å². The van der Waals surface area contributed by atoms with E-state index in [4.69, 9.17) is 27.9 Å². The molecule has 12 heteroatoms. The molecule has 6 rings (SSSR count). The number of hydrogen-bond acceptors (Lipinski definition) is 8. The Bertz CT molecular complexity index is 1550. The number of H-pyrrole nitrogens is 1. The van der Waals surface area contributed by atoms with Gasteiger partial charge in [-0.2, -0.15) is 5.10 Å². The Balaban J connectivity index is 1.21. The molecule has 0 unspecified atom stereocenters. The first-order valence-corrected chi connectivity index (χ1v) is 14.0. The number of fused-ring (bicyclic) bond motifs is 1. The Morgan fingerprint density at radius 3 is 2.50 bits per heavy atom. The molecular weight excluding hydrogens is 523 g/mol. The molecule has 0 saturated carbocycles. The molecule has 1 aromatic carbocycles. The Morgan fingerprint density at radius 2 is 1.83 bits per heavy atom. The molecule has 4 aromatic rings. The predicted molar refractivity (Wildman–Crippen MR) is 138 cm³/mol. The number of nitrogens with one attached hydrogen (secondary N) is 1. The van der Waals surface area contributed by atoms with Crippen LogP contribution in [0.4, 0.5) is 5.95 Å². The summed E-state index contributed by atoms with van der Waals surface area (Å²) in [6.07, 6.45) is 6.88. The monoisotopic (exact) mass is 544 g/mol. The second-order valence-corrected chi connectivity index (χ2v) is 12.5. The normalized spacial score (nSPS) is 18.9. The van der Waals surface area contributed by atoms with Gasteiger partial charge in [-0.05, 0) is 31.5 Å². The van der Waals surface area contributed by atoms with Crippen LogP contribution in [0.3, 0.4) is 0 Å². The molecule has 0 amide bonds. The van der Waals surface area contributed by atoms with Crippen molar-refractivity contribution in [2.45, 2.75) is 19.4 Å². The lowest BCUT2D eigenvalue weighted by Gasteiger charge is -2.47. The van der Waals surface area contributed by atoms with Gasteiger partial charge in [-0.15, -0.1) is 0 Å². The molecule has 186 valence electrons. The Labute approximate surface area is 217 Å². The number of nitrogens with zero attached hydrogens (tertiary/aromatic N) is 5. The van der Waals surface area contributed by atoms with E-state index in [1.807, 2.05) is 30.0 Å². The Kier molecular flexibility index (Phi) is 5.58. The van der Waals surface area contributed by atoms with E-state index in [9.17, 15) is 8.42 Å². The van der Waals surface area contributed by atoms with Gasteiger partial charge >= 0.3 is 0 Å². The van der Waals surface area contributed by atoms with Crippen LogP contribution in [-0.4, -0.2) is 58.2 Å². The lowest BCUT2D eigenvalue weighted by atomic mass is 9.80.